The van der Waals surface area contributed by atoms with Crippen LogP contribution in [-0.4, -0.2) is 51.1 Å². The molecular weight excluding hydrogens is 405 g/mol. The van der Waals surface area contributed by atoms with Gasteiger partial charge >= 0.3 is 0 Å². The number of para-hydroxylation sites is 1. The van der Waals surface area contributed by atoms with Crippen molar-refractivity contribution >= 4 is 33.3 Å². The fourth-order valence-corrected chi connectivity index (χ4v) is 4.09. The van der Waals surface area contributed by atoms with Gasteiger partial charge in [0.2, 0.25) is 10.0 Å². The van der Waals surface area contributed by atoms with E-state index in [0.29, 0.717) is 23.9 Å². The Morgan fingerprint density at radius 1 is 1.23 bits per heavy atom. The molecule has 7 nitrogen and oxygen atoms in total. The van der Waals surface area contributed by atoms with E-state index >= 15 is 0 Å². The molecule has 3 rings (SSSR count). The van der Waals surface area contributed by atoms with E-state index in [-0.39, 0.29) is 5.69 Å². The number of rotatable bonds is 7. The number of nitrogens with zero attached hydrogens (tertiary/aromatic N) is 3. The van der Waals surface area contributed by atoms with Gasteiger partial charge in [0, 0.05) is 12.2 Å². The van der Waals surface area contributed by atoms with Gasteiger partial charge in [-0.05, 0) is 61.7 Å². The van der Waals surface area contributed by atoms with Crippen LogP contribution in [0.25, 0.3) is 0 Å². The zero-order valence-corrected chi connectivity index (χ0v) is 17.6. The standard InChI is InChI=1S/C21H26FN5O2S/c1-30(28,29)26-18-6-4-5-17(13-18)16-9-11-27(12-10-16)15-19(25-23)14-24-21-8-3-2-7-20(21)22/h2-8,13-14,16,26H,9-12,15,23H2,1H3. The smallest absolute Gasteiger partial charge is 0.229 e. The highest BCUT2D eigenvalue weighted by atomic mass is 32.2. The van der Waals surface area contributed by atoms with E-state index in [4.69, 9.17) is 5.84 Å². The molecule has 1 aliphatic rings. The largest absolute Gasteiger partial charge is 0.323 e. The highest BCUT2D eigenvalue weighted by Crippen LogP contribution is 2.29. The van der Waals surface area contributed by atoms with Crippen LogP contribution in [0.5, 0.6) is 0 Å². The Hall–Kier alpha value is -2.78. The number of nitrogens with two attached hydrogens (primary N) is 1. The van der Waals surface area contributed by atoms with Crippen molar-refractivity contribution in [3.05, 3.63) is 59.9 Å². The highest BCUT2D eigenvalue weighted by Gasteiger charge is 2.21. The lowest BCUT2D eigenvalue weighted by Crippen LogP contribution is -2.37. The summed E-state index contributed by atoms with van der Waals surface area (Å²) in [6, 6.07) is 13.8. The Morgan fingerprint density at radius 2 is 1.97 bits per heavy atom. The van der Waals surface area contributed by atoms with Crippen molar-refractivity contribution < 1.29 is 12.8 Å². The first-order valence-corrected chi connectivity index (χ1v) is 11.6. The fraction of sp³-hybridized carbons (Fsp3) is 0.333. The van der Waals surface area contributed by atoms with E-state index in [9.17, 15) is 12.8 Å². The lowest BCUT2D eigenvalue weighted by molar-refractivity contribution is 0.239. The van der Waals surface area contributed by atoms with Gasteiger partial charge in [0.1, 0.15) is 5.82 Å². The Morgan fingerprint density at radius 3 is 2.63 bits per heavy atom. The number of hydrazone groups is 1. The van der Waals surface area contributed by atoms with E-state index in [2.05, 4.69) is 19.7 Å². The molecule has 0 atom stereocenters. The van der Waals surface area contributed by atoms with Crippen molar-refractivity contribution in [3.8, 4) is 0 Å². The van der Waals surface area contributed by atoms with Crippen molar-refractivity contribution in [2.24, 2.45) is 15.9 Å². The number of anilines is 1. The second kappa shape index (κ2) is 9.82. The van der Waals surface area contributed by atoms with Crippen LogP contribution in [0.15, 0.2) is 58.6 Å². The molecule has 0 saturated carbocycles. The minimum Gasteiger partial charge on any atom is -0.323 e. The zero-order valence-electron chi connectivity index (χ0n) is 16.8. The number of likely N-dealkylation sites (tertiary alicyclic amines) is 1. The van der Waals surface area contributed by atoms with Crippen molar-refractivity contribution in [1.82, 2.24) is 4.90 Å². The van der Waals surface area contributed by atoms with Gasteiger partial charge in [-0.3, -0.25) is 14.6 Å². The molecule has 0 aliphatic carbocycles. The van der Waals surface area contributed by atoms with Crippen LogP contribution < -0.4 is 10.6 Å². The summed E-state index contributed by atoms with van der Waals surface area (Å²) >= 11 is 0. The third kappa shape index (κ3) is 6.36. The third-order valence-electron chi connectivity index (χ3n) is 5.01. The molecule has 0 aromatic heterocycles. The van der Waals surface area contributed by atoms with E-state index in [1.165, 1.54) is 12.3 Å². The molecule has 0 amide bonds. The average molecular weight is 432 g/mol. The lowest BCUT2D eigenvalue weighted by Gasteiger charge is -2.32. The summed E-state index contributed by atoms with van der Waals surface area (Å²) in [6.07, 6.45) is 4.52. The monoisotopic (exact) mass is 431 g/mol. The Kier molecular flexibility index (Phi) is 7.17. The first-order chi connectivity index (χ1) is 14.3. The van der Waals surface area contributed by atoms with Crippen LogP contribution in [0, 0.1) is 5.82 Å². The normalized spacial score (nSPS) is 16.8. The second-order valence-corrected chi connectivity index (χ2v) is 9.13. The maximum absolute atomic E-state index is 13.7. The third-order valence-corrected chi connectivity index (χ3v) is 5.61. The molecule has 0 radical (unpaired) electrons. The van der Waals surface area contributed by atoms with Gasteiger partial charge in [0.15, 0.2) is 0 Å². The zero-order chi connectivity index (χ0) is 21.6. The van der Waals surface area contributed by atoms with Crippen molar-refractivity contribution in [2.75, 3.05) is 30.6 Å². The quantitative estimate of drug-likeness (QED) is 0.400. The van der Waals surface area contributed by atoms with Gasteiger partial charge in [0.05, 0.1) is 23.9 Å². The summed E-state index contributed by atoms with van der Waals surface area (Å²) in [7, 11) is -3.30. The number of hydrogen-bond donors (Lipinski definition) is 2. The Labute approximate surface area is 176 Å². The van der Waals surface area contributed by atoms with Crippen LogP contribution in [0.3, 0.4) is 0 Å². The van der Waals surface area contributed by atoms with Gasteiger partial charge < -0.3 is 5.84 Å². The molecule has 0 spiro atoms. The topological polar surface area (TPSA) is 100 Å². The van der Waals surface area contributed by atoms with Gasteiger partial charge in [-0.25, -0.2) is 12.8 Å². The van der Waals surface area contributed by atoms with Crippen LogP contribution in [0.2, 0.25) is 0 Å². The van der Waals surface area contributed by atoms with Gasteiger partial charge in [-0.2, -0.15) is 5.10 Å². The minimum atomic E-state index is -3.30. The van der Waals surface area contributed by atoms with Crippen molar-refractivity contribution in [1.29, 1.82) is 0 Å². The summed E-state index contributed by atoms with van der Waals surface area (Å²) in [5.74, 6) is 5.46. The molecule has 2 aromatic rings. The van der Waals surface area contributed by atoms with Crippen LogP contribution in [0.4, 0.5) is 15.8 Å². The molecule has 1 saturated heterocycles. The first-order valence-electron chi connectivity index (χ1n) is 9.69. The summed E-state index contributed by atoms with van der Waals surface area (Å²) in [6.45, 7) is 2.23. The number of sulfonamides is 1. The van der Waals surface area contributed by atoms with E-state index in [0.717, 1.165) is 37.8 Å². The van der Waals surface area contributed by atoms with E-state index in [1.807, 2.05) is 18.2 Å². The summed E-state index contributed by atoms with van der Waals surface area (Å²) < 4.78 is 39.1. The van der Waals surface area contributed by atoms with Crippen LogP contribution in [0.1, 0.15) is 24.3 Å². The number of benzene rings is 2. The van der Waals surface area contributed by atoms with Crippen molar-refractivity contribution in [2.45, 2.75) is 18.8 Å². The van der Waals surface area contributed by atoms with Crippen molar-refractivity contribution in [3.63, 3.8) is 0 Å². The van der Waals surface area contributed by atoms with Crippen LogP contribution >= 0.6 is 0 Å². The molecule has 0 bridgehead atoms. The summed E-state index contributed by atoms with van der Waals surface area (Å²) in [5, 5.41) is 3.79. The first kappa shape index (κ1) is 21.9. The summed E-state index contributed by atoms with van der Waals surface area (Å²) in [4.78, 5) is 6.38. The molecule has 160 valence electrons. The molecule has 30 heavy (non-hydrogen) atoms. The fourth-order valence-electron chi connectivity index (χ4n) is 3.54. The molecule has 2 aromatic carbocycles. The minimum absolute atomic E-state index is 0.250. The number of piperidine rings is 1. The maximum atomic E-state index is 13.7. The molecule has 9 heteroatoms. The summed E-state index contributed by atoms with van der Waals surface area (Å²) in [5.41, 5.74) is 2.53. The van der Waals surface area contributed by atoms with Gasteiger partial charge in [-0.15, -0.1) is 0 Å². The van der Waals surface area contributed by atoms with Gasteiger partial charge in [0.25, 0.3) is 0 Å². The highest BCUT2D eigenvalue weighted by molar-refractivity contribution is 7.92. The number of aliphatic imine (C=N–C) groups is 1. The van der Waals surface area contributed by atoms with E-state index < -0.39 is 15.8 Å². The molecule has 1 fully saturated rings. The molecular formula is C21H26FN5O2S. The number of nitrogens with one attached hydrogen (secondary N) is 1. The van der Waals surface area contributed by atoms with E-state index in [1.54, 1.807) is 24.3 Å². The second-order valence-electron chi connectivity index (χ2n) is 7.38. The number of hydrogen-bond acceptors (Lipinski definition) is 6. The lowest BCUT2D eigenvalue weighted by atomic mass is 9.89. The molecule has 0 unspecified atom stereocenters. The Balaban J connectivity index is 1.56. The predicted molar refractivity (Wildman–Crippen MR) is 119 cm³/mol. The molecule has 1 heterocycles. The average Bonchev–Trinajstić information content (AvgIpc) is 2.71. The number of halogens is 1. The predicted octanol–water partition coefficient (Wildman–Crippen LogP) is 3.09. The molecule has 3 N–H and O–H groups in total. The molecule has 1 aliphatic heterocycles. The van der Waals surface area contributed by atoms with Gasteiger partial charge in [-0.1, -0.05) is 24.3 Å². The maximum Gasteiger partial charge on any atom is 0.229 e. The van der Waals surface area contributed by atoms with Crippen LogP contribution in [-0.2, 0) is 10.0 Å². The SMILES string of the molecule is CS(=O)(=O)Nc1cccc(C2CCN(CC(C=Nc3ccccc3F)=NN)CC2)c1. The Bertz CT molecular complexity index is 1030.